The summed E-state index contributed by atoms with van der Waals surface area (Å²) in [6.45, 7) is 0. The first-order valence-electron chi connectivity index (χ1n) is 7.46. The number of hydrogen-bond donors (Lipinski definition) is 1. The minimum absolute atomic E-state index is 0.0197. The topological polar surface area (TPSA) is 43.3 Å². The summed E-state index contributed by atoms with van der Waals surface area (Å²) < 4.78 is 7.17. The zero-order chi connectivity index (χ0) is 16.9. The molecule has 1 aromatic carbocycles. The summed E-state index contributed by atoms with van der Waals surface area (Å²) in [4.78, 5) is 13.6. The number of nitrogens with one attached hydrogen (secondary N) is 1. The van der Waals surface area contributed by atoms with E-state index in [1.807, 2.05) is 46.6 Å². The fourth-order valence-electron chi connectivity index (χ4n) is 2.52. The van der Waals surface area contributed by atoms with E-state index < -0.39 is 0 Å². The zero-order valence-electron chi connectivity index (χ0n) is 13.1. The van der Waals surface area contributed by atoms with E-state index in [2.05, 4.69) is 5.32 Å². The highest BCUT2D eigenvalue weighted by atomic mass is 35.5. The van der Waals surface area contributed by atoms with Gasteiger partial charge in [0.2, 0.25) is 5.91 Å². The van der Waals surface area contributed by atoms with Gasteiger partial charge in [-0.1, -0.05) is 17.7 Å². The van der Waals surface area contributed by atoms with Crippen LogP contribution in [0.2, 0.25) is 5.02 Å². The van der Waals surface area contributed by atoms with Crippen molar-refractivity contribution in [2.75, 3.05) is 12.4 Å². The van der Waals surface area contributed by atoms with Gasteiger partial charge in [0.25, 0.3) is 0 Å². The highest BCUT2D eigenvalue weighted by Gasteiger charge is 2.18. The Morgan fingerprint density at radius 2 is 2.08 bits per heavy atom. The molecule has 0 aliphatic carbocycles. The second kappa shape index (κ2) is 7.55. The molecule has 0 aliphatic heterocycles. The van der Waals surface area contributed by atoms with Gasteiger partial charge >= 0.3 is 0 Å². The summed E-state index contributed by atoms with van der Waals surface area (Å²) in [7, 11) is 1.56. The molecular weight excluding hydrogens is 344 g/mol. The Bertz CT molecular complexity index is 766. The summed E-state index contributed by atoms with van der Waals surface area (Å²) in [5, 5.41) is 5.39. The van der Waals surface area contributed by atoms with Crippen molar-refractivity contribution in [1.82, 2.24) is 4.57 Å². The molecule has 0 saturated carbocycles. The van der Waals surface area contributed by atoms with Crippen LogP contribution in [0.25, 0.3) is 0 Å². The summed E-state index contributed by atoms with van der Waals surface area (Å²) >= 11 is 7.75. The van der Waals surface area contributed by atoms with Crippen LogP contribution in [-0.4, -0.2) is 17.6 Å². The predicted octanol–water partition coefficient (Wildman–Crippen LogP) is 4.83. The normalized spacial score (nSPS) is 11.9. The van der Waals surface area contributed by atoms with Gasteiger partial charge in [0.15, 0.2) is 0 Å². The lowest BCUT2D eigenvalue weighted by Gasteiger charge is -2.17. The number of anilines is 1. The van der Waals surface area contributed by atoms with Gasteiger partial charge < -0.3 is 14.6 Å². The zero-order valence-corrected chi connectivity index (χ0v) is 14.7. The van der Waals surface area contributed by atoms with Crippen molar-refractivity contribution in [2.24, 2.45) is 0 Å². The van der Waals surface area contributed by atoms with E-state index in [0.717, 1.165) is 4.88 Å². The molecule has 4 nitrogen and oxygen atoms in total. The van der Waals surface area contributed by atoms with Crippen LogP contribution in [0, 0.1) is 0 Å². The third-order valence-electron chi connectivity index (χ3n) is 3.67. The number of thiophene rings is 1. The first-order chi connectivity index (χ1) is 11.7. The molecule has 6 heteroatoms. The van der Waals surface area contributed by atoms with Crippen molar-refractivity contribution in [2.45, 2.75) is 12.5 Å². The lowest BCUT2D eigenvalue weighted by molar-refractivity contribution is -0.116. The minimum atomic E-state index is -0.0664. The van der Waals surface area contributed by atoms with Gasteiger partial charge in [0.1, 0.15) is 5.75 Å². The molecule has 0 bridgehead atoms. The van der Waals surface area contributed by atoms with E-state index in [1.165, 1.54) is 0 Å². The number of ether oxygens (including phenoxy) is 1. The van der Waals surface area contributed by atoms with Crippen molar-refractivity contribution in [1.29, 1.82) is 0 Å². The van der Waals surface area contributed by atoms with Crippen LogP contribution >= 0.6 is 22.9 Å². The quantitative estimate of drug-likeness (QED) is 0.684. The van der Waals surface area contributed by atoms with Gasteiger partial charge in [-0.25, -0.2) is 0 Å². The van der Waals surface area contributed by atoms with Crippen LogP contribution in [0.4, 0.5) is 5.69 Å². The van der Waals surface area contributed by atoms with Crippen molar-refractivity contribution in [3.8, 4) is 5.75 Å². The average Bonchev–Trinajstić information content (AvgIpc) is 3.26. The van der Waals surface area contributed by atoms with Crippen molar-refractivity contribution < 1.29 is 9.53 Å². The Morgan fingerprint density at radius 1 is 1.29 bits per heavy atom. The van der Waals surface area contributed by atoms with E-state index in [1.54, 1.807) is 36.6 Å². The fraction of sp³-hybridized carbons (Fsp3) is 0.167. The number of nitrogens with zero attached hydrogens (tertiary/aromatic N) is 1. The number of amides is 1. The van der Waals surface area contributed by atoms with Crippen LogP contribution in [0.1, 0.15) is 17.3 Å². The number of carbonyl (C=O) groups excluding carboxylic acids is 1. The van der Waals surface area contributed by atoms with Crippen molar-refractivity contribution in [3.05, 3.63) is 70.1 Å². The lowest BCUT2D eigenvalue weighted by atomic mass is 10.1. The average molecular weight is 361 g/mol. The van der Waals surface area contributed by atoms with E-state index in [-0.39, 0.29) is 11.9 Å². The molecule has 2 aromatic heterocycles. The SMILES string of the molecule is COc1ccc(NC(=O)CC(c2cccs2)n2cccc2)cc1Cl. The van der Waals surface area contributed by atoms with Crippen molar-refractivity contribution in [3.63, 3.8) is 0 Å². The van der Waals surface area contributed by atoms with E-state index in [9.17, 15) is 4.79 Å². The molecule has 1 amide bonds. The summed E-state index contributed by atoms with van der Waals surface area (Å²) in [5.74, 6) is 0.516. The Hall–Kier alpha value is -2.24. The molecule has 0 saturated heterocycles. The highest BCUT2D eigenvalue weighted by Crippen LogP contribution is 2.29. The van der Waals surface area contributed by atoms with Crippen LogP contribution < -0.4 is 10.1 Å². The maximum absolute atomic E-state index is 12.5. The molecule has 124 valence electrons. The van der Waals surface area contributed by atoms with Gasteiger partial charge in [-0.15, -0.1) is 11.3 Å². The Morgan fingerprint density at radius 3 is 2.71 bits per heavy atom. The second-order valence-electron chi connectivity index (χ2n) is 5.26. The van der Waals surface area contributed by atoms with Gasteiger partial charge in [-0.05, 0) is 41.8 Å². The molecule has 3 rings (SSSR count). The van der Waals surface area contributed by atoms with Crippen molar-refractivity contribution >= 4 is 34.5 Å². The molecule has 0 radical (unpaired) electrons. The molecule has 24 heavy (non-hydrogen) atoms. The number of carbonyl (C=O) groups is 1. The van der Waals surface area contributed by atoms with E-state index in [4.69, 9.17) is 16.3 Å². The molecular formula is C18H17ClN2O2S. The molecule has 1 N–H and O–H groups in total. The number of aromatic nitrogens is 1. The van der Waals surface area contributed by atoms with Crippen LogP contribution in [0.3, 0.4) is 0 Å². The smallest absolute Gasteiger partial charge is 0.226 e. The molecule has 2 heterocycles. The number of halogens is 1. The van der Waals surface area contributed by atoms with E-state index in [0.29, 0.717) is 22.9 Å². The first-order valence-corrected chi connectivity index (χ1v) is 8.72. The minimum Gasteiger partial charge on any atom is -0.495 e. The molecule has 1 unspecified atom stereocenters. The monoisotopic (exact) mass is 360 g/mol. The van der Waals surface area contributed by atoms with Crippen LogP contribution in [0.5, 0.6) is 5.75 Å². The highest BCUT2D eigenvalue weighted by molar-refractivity contribution is 7.10. The second-order valence-corrected chi connectivity index (χ2v) is 6.65. The molecule has 0 spiro atoms. The van der Waals surface area contributed by atoms with Crippen LogP contribution in [0.15, 0.2) is 60.2 Å². The predicted molar refractivity (Wildman–Crippen MR) is 98.1 cm³/mol. The molecule has 3 aromatic rings. The number of methoxy groups -OCH3 is 1. The number of benzene rings is 1. The Labute approximate surface area is 149 Å². The van der Waals surface area contributed by atoms with Gasteiger partial charge in [-0.3, -0.25) is 4.79 Å². The summed E-state index contributed by atoms with van der Waals surface area (Å²) in [6, 6.07) is 13.1. The largest absolute Gasteiger partial charge is 0.495 e. The lowest BCUT2D eigenvalue weighted by Crippen LogP contribution is -2.19. The third kappa shape index (κ3) is 3.80. The molecule has 0 fully saturated rings. The maximum atomic E-state index is 12.5. The standard InChI is InChI=1S/C18H17ClN2O2S/c1-23-16-7-6-13(11-14(16)19)20-18(22)12-15(17-5-4-10-24-17)21-8-2-3-9-21/h2-11,15H,12H2,1H3,(H,20,22). The van der Waals surface area contributed by atoms with E-state index >= 15 is 0 Å². The maximum Gasteiger partial charge on any atom is 0.226 e. The summed E-state index contributed by atoms with van der Waals surface area (Å²) in [6.07, 6.45) is 4.29. The first kappa shape index (κ1) is 16.6. The Balaban J connectivity index is 1.73. The molecule has 0 aliphatic rings. The number of hydrogen-bond acceptors (Lipinski definition) is 3. The third-order valence-corrected chi connectivity index (χ3v) is 4.94. The van der Waals surface area contributed by atoms with Gasteiger partial charge in [0.05, 0.1) is 24.6 Å². The summed E-state index contributed by atoms with van der Waals surface area (Å²) in [5.41, 5.74) is 0.656. The molecule has 1 atom stereocenters. The number of rotatable bonds is 6. The Kier molecular flexibility index (Phi) is 5.23. The fourth-order valence-corrected chi connectivity index (χ4v) is 3.61. The van der Waals surface area contributed by atoms with Gasteiger partial charge in [-0.2, -0.15) is 0 Å². The van der Waals surface area contributed by atoms with Gasteiger partial charge in [0, 0.05) is 23.0 Å². The van der Waals surface area contributed by atoms with Crippen LogP contribution in [-0.2, 0) is 4.79 Å².